The Kier molecular flexibility index (Phi) is 37.9. The SMILES string of the molecule is CCCCCCCCCCCCCCC(CCCCCCCCCCCCCC)(CO[C@@H]1O[C@H](CO)[C@H](O)[C@H](OS(=O)(=O)[O-])[C@H]1O)CO[C@@H]1O[C@H](CO)[C@H](O)[C@H](OS(=O)(=O)[O-])[C@H]1O.[Na+].[Na+]. The molecule has 65 heavy (non-hydrogen) atoms. The first kappa shape index (κ1) is 66.3. The van der Waals surface area contributed by atoms with Crippen LogP contribution in [-0.2, 0) is 48.1 Å². The molecule has 0 bridgehead atoms. The molecule has 0 radical (unpaired) electrons. The summed E-state index contributed by atoms with van der Waals surface area (Å²) in [6, 6.07) is 0. The van der Waals surface area contributed by atoms with E-state index >= 15 is 0 Å². The molecular weight excluding hydrogens is 915 g/mol. The first-order valence-electron chi connectivity index (χ1n) is 23.8. The van der Waals surface area contributed by atoms with E-state index in [9.17, 15) is 56.6 Å². The van der Waals surface area contributed by atoms with Crippen LogP contribution < -0.4 is 59.1 Å². The molecule has 0 aliphatic carbocycles. The van der Waals surface area contributed by atoms with Crippen LogP contribution in [-0.4, -0.2) is 144 Å². The normalized spacial score (nSPS) is 26.4. The molecule has 0 saturated carbocycles. The quantitative estimate of drug-likeness (QED) is 0.0183. The first-order valence-corrected chi connectivity index (χ1v) is 26.4. The molecule has 0 spiro atoms. The molecule has 2 aliphatic heterocycles. The maximum atomic E-state index is 11.5. The van der Waals surface area contributed by atoms with E-state index in [0.29, 0.717) is 25.7 Å². The summed E-state index contributed by atoms with van der Waals surface area (Å²) in [6.07, 6.45) is 9.13. The van der Waals surface area contributed by atoms with E-state index in [1.54, 1.807) is 0 Å². The number of hydrogen-bond donors (Lipinski definition) is 6. The largest absolute Gasteiger partial charge is 1.00 e. The Labute approximate surface area is 434 Å². The fourth-order valence-corrected chi connectivity index (χ4v) is 9.54. The van der Waals surface area contributed by atoms with E-state index in [0.717, 1.165) is 64.2 Å². The van der Waals surface area contributed by atoms with Gasteiger partial charge in [0.2, 0.25) is 20.8 Å². The molecular formula is C43H82Na2O18S2. The molecule has 22 heteroatoms. The van der Waals surface area contributed by atoms with Crippen molar-refractivity contribution in [3.05, 3.63) is 0 Å². The van der Waals surface area contributed by atoms with E-state index in [4.69, 9.17) is 18.9 Å². The van der Waals surface area contributed by atoms with E-state index in [1.165, 1.54) is 77.0 Å². The maximum Gasteiger partial charge on any atom is 1.00 e. The molecule has 6 N–H and O–H groups in total. The van der Waals surface area contributed by atoms with E-state index in [2.05, 4.69) is 22.2 Å². The molecule has 18 nitrogen and oxygen atoms in total. The Bertz CT molecular complexity index is 1280. The van der Waals surface area contributed by atoms with Gasteiger partial charge in [-0.05, 0) is 12.8 Å². The summed E-state index contributed by atoms with van der Waals surface area (Å²) < 4.78 is 102. The topological polar surface area (TPSA) is 291 Å². The molecule has 2 fully saturated rings. The Hall–Kier alpha value is 1.34. The van der Waals surface area contributed by atoms with Gasteiger partial charge in [0, 0.05) is 5.41 Å². The van der Waals surface area contributed by atoms with Crippen molar-refractivity contribution < 1.29 is 143 Å². The first-order chi connectivity index (χ1) is 30.0. The summed E-state index contributed by atoms with van der Waals surface area (Å²) in [5.74, 6) is 0. The summed E-state index contributed by atoms with van der Waals surface area (Å²) in [7, 11) is -10.9. The van der Waals surface area contributed by atoms with Crippen molar-refractivity contribution in [3.63, 3.8) is 0 Å². The molecule has 376 valence electrons. The minimum atomic E-state index is -5.43. The molecule has 2 saturated heterocycles. The predicted molar refractivity (Wildman–Crippen MR) is 230 cm³/mol. The van der Waals surface area contributed by atoms with Gasteiger partial charge in [-0.1, -0.05) is 168 Å². The summed E-state index contributed by atoms with van der Waals surface area (Å²) in [6.45, 7) is 2.25. The fraction of sp³-hybridized carbons (Fsp3) is 1.00. The van der Waals surface area contributed by atoms with Gasteiger partial charge in [0.05, 0.1) is 26.4 Å². The third kappa shape index (κ3) is 27.7. The Morgan fingerprint density at radius 1 is 0.462 bits per heavy atom. The number of ether oxygens (including phenoxy) is 4. The second-order valence-corrected chi connectivity index (χ2v) is 19.8. The molecule has 0 unspecified atom stereocenters. The van der Waals surface area contributed by atoms with Gasteiger partial charge in [-0.2, -0.15) is 0 Å². The third-order valence-electron chi connectivity index (χ3n) is 12.3. The second-order valence-electron chi connectivity index (χ2n) is 17.8. The minimum Gasteiger partial charge on any atom is -0.726 e. The molecule has 2 heterocycles. The van der Waals surface area contributed by atoms with Crippen LogP contribution in [0.4, 0.5) is 0 Å². The predicted octanol–water partition coefficient (Wildman–Crippen LogP) is -1.23. The van der Waals surface area contributed by atoms with Crippen LogP contribution in [0.2, 0.25) is 0 Å². The molecule has 0 aromatic rings. The van der Waals surface area contributed by atoms with Crippen molar-refractivity contribution in [2.75, 3.05) is 26.4 Å². The van der Waals surface area contributed by atoms with Crippen molar-refractivity contribution >= 4 is 20.8 Å². The summed E-state index contributed by atoms with van der Waals surface area (Å²) in [5, 5.41) is 63.1. The zero-order valence-electron chi connectivity index (χ0n) is 39.9. The average molecular weight is 997 g/mol. The summed E-state index contributed by atoms with van der Waals surface area (Å²) >= 11 is 0. The zero-order valence-corrected chi connectivity index (χ0v) is 45.5. The van der Waals surface area contributed by atoms with Crippen molar-refractivity contribution in [2.24, 2.45) is 5.41 Å². The number of aliphatic hydroxyl groups excluding tert-OH is 6. The van der Waals surface area contributed by atoms with Crippen LogP contribution >= 0.6 is 0 Å². The fourth-order valence-electron chi connectivity index (χ4n) is 8.54. The molecule has 10 atom stereocenters. The maximum absolute atomic E-state index is 11.5. The number of rotatable bonds is 38. The standard InChI is InChI=1S/C43H84O18S2.2Na/c1-3-5-7-9-11-13-15-17-19-21-23-25-27-43(28-26-24-22-20-18-16-14-12-10-8-6-4-2,31-56-41-37(48)39(60-62(50,51)52)35(46)33(29-44)58-41)32-57-42-38(49)40(61-63(53,54)55)36(47)34(30-45)59-42;;/h33-42,44-49H,3-32H2,1-2H3,(H,50,51,52)(H,53,54,55);;/q;2*+1/p-2/t33-,34-,35+,36+,37-,38-,39+,40+,41-,42-;;/m1../s1. The van der Waals surface area contributed by atoms with Crippen LogP contribution in [0.1, 0.15) is 181 Å². The molecule has 0 aromatic carbocycles. The Morgan fingerprint density at radius 3 is 0.969 bits per heavy atom. The second kappa shape index (κ2) is 37.1. The van der Waals surface area contributed by atoms with Gasteiger partial charge < -0.3 is 58.7 Å². The average Bonchev–Trinajstić information content (AvgIpc) is 3.23. The van der Waals surface area contributed by atoms with E-state index < -0.39 is 101 Å². The van der Waals surface area contributed by atoms with Crippen LogP contribution in [0.25, 0.3) is 0 Å². The van der Waals surface area contributed by atoms with Gasteiger partial charge in [-0.15, -0.1) is 0 Å². The van der Waals surface area contributed by atoms with Crippen LogP contribution in [0.15, 0.2) is 0 Å². The molecule has 2 aliphatic rings. The molecule has 0 aromatic heterocycles. The number of aliphatic hydroxyl groups is 6. The van der Waals surface area contributed by atoms with Crippen molar-refractivity contribution in [1.82, 2.24) is 0 Å². The summed E-state index contributed by atoms with van der Waals surface area (Å²) in [5.41, 5.74) is -0.958. The van der Waals surface area contributed by atoms with Crippen LogP contribution in [0, 0.1) is 5.41 Å². The Balaban J connectivity index is 0.0000205. The Morgan fingerprint density at radius 2 is 0.723 bits per heavy atom. The smallest absolute Gasteiger partial charge is 0.726 e. The molecule has 0 amide bonds. The molecule has 2 rings (SSSR count). The van der Waals surface area contributed by atoms with Crippen molar-refractivity contribution in [3.8, 4) is 0 Å². The number of unbranched alkanes of at least 4 members (excludes halogenated alkanes) is 22. The van der Waals surface area contributed by atoms with Crippen LogP contribution in [0.5, 0.6) is 0 Å². The third-order valence-corrected chi connectivity index (χ3v) is 13.2. The minimum absolute atomic E-state index is 0. The van der Waals surface area contributed by atoms with Gasteiger partial charge >= 0.3 is 59.1 Å². The van der Waals surface area contributed by atoms with Crippen molar-refractivity contribution in [2.45, 2.75) is 242 Å². The zero-order chi connectivity index (χ0) is 46.7. The van der Waals surface area contributed by atoms with Gasteiger partial charge in [0.1, 0.15) is 48.8 Å². The van der Waals surface area contributed by atoms with E-state index in [1.807, 2.05) is 0 Å². The van der Waals surface area contributed by atoms with Gasteiger partial charge in [0.25, 0.3) is 0 Å². The van der Waals surface area contributed by atoms with Gasteiger partial charge in [-0.3, -0.25) is 8.37 Å². The van der Waals surface area contributed by atoms with Crippen molar-refractivity contribution in [1.29, 1.82) is 0 Å². The van der Waals surface area contributed by atoms with Gasteiger partial charge in [0.15, 0.2) is 12.6 Å². The number of hydrogen-bond acceptors (Lipinski definition) is 18. The van der Waals surface area contributed by atoms with Gasteiger partial charge in [-0.25, -0.2) is 16.8 Å². The monoisotopic (exact) mass is 996 g/mol. The van der Waals surface area contributed by atoms with Crippen LogP contribution in [0.3, 0.4) is 0 Å². The summed E-state index contributed by atoms with van der Waals surface area (Å²) in [4.78, 5) is 0. The van der Waals surface area contributed by atoms with E-state index in [-0.39, 0.29) is 72.3 Å².